The number of anilines is 2. The summed E-state index contributed by atoms with van der Waals surface area (Å²) < 4.78 is 6.81. The van der Waals surface area contributed by atoms with Crippen LogP contribution in [0.5, 0.6) is 0 Å². The van der Waals surface area contributed by atoms with Gasteiger partial charge in [0.05, 0.1) is 6.04 Å². The molecule has 0 fully saturated rings. The third-order valence-corrected chi connectivity index (χ3v) is 11.6. The molecule has 0 spiro atoms. The second-order valence-corrected chi connectivity index (χ2v) is 14.8. The fourth-order valence-corrected chi connectivity index (χ4v) is 8.98. The van der Waals surface area contributed by atoms with Crippen LogP contribution in [0.1, 0.15) is 17.2 Å². The summed E-state index contributed by atoms with van der Waals surface area (Å²) in [5, 5.41) is 6.26. The van der Waals surface area contributed by atoms with Crippen molar-refractivity contribution in [2.45, 2.75) is 12.5 Å². The lowest BCUT2D eigenvalue weighted by Crippen LogP contribution is -2.28. The van der Waals surface area contributed by atoms with Gasteiger partial charge >= 0.3 is 0 Å². The van der Waals surface area contributed by atoms with E-state index in [9.17, 15) is 0 Å². The molecule has 0 amide bonds. The van der Waals surface area contributed by atoms with Gasteiger partial charge in [-0.05, 0) is 96.9 Å². The standard InChI is InChI=1S/C54H37NO/c1-3-14-36(15-4-1)39-19-13-20-43(32-39)55(42-29-26-38(27-30-42)50-33-41-18-7-8-21-44(41)45-22-9-10-23-46(45)50)52-35-51-48-31-28-40(37-16-5-2-6-17-37)34-53(48)56-54(51)49-25-12-11-24-47(49)52/h1-34,52H,35H2. The third-order valence-electron chi connectivity index (χ3n) is 11.6. The van der Waals surface area contributed by atoms with E-state index in [0.717, 1.165) is 40.3 Å². The minimum atomic E-state index is 0.0201. The fourth-order valence-electron chi connectivity index (χ4n) is 8.98. The molecule has 1 unspecified atom stereocenters. The summed E-state index contributed by atoms with van der Waals surface area (Å²) in [4.78, 5) is 2.55. The van der Waals surface area contributed by atoms with Gasteiger partial charge in [-0.25, -0.2) is 0 Å². The van der Waals surface area contributed by atoms with Gasteiger partial charge in [-0.15, -0.1) is 0 Å². The zero-order valence-corrected chi connectivity index (χ0v) is 30.8. The van der Waals surface area contributed by atoms with Crippen LogP contribution in [0.15, 0.2) is 211 Å². The van der Waals surface area contributed by atoms with E-state index in [0.29, 0.717) is 0 Å². The van der Waals surface area contributed by atoms with Gasteiger partial charge in [-0.3, -0.25) is 0 Å². The van der Waals surface area contributed by atoms with Gasteiger partial charge in [0, 0.05) is 34.3 Å². The first-order chi connectivity index (χ1) is 27.8. The van der Waals surface area contributed by atoms with Crippen molar-refractivity contribution in [3.8, 4) is 44.7 Å². The Balaban J connectivity index is 1.07. The quantitative estimate of drug-likeness (QED) is 0.159. The molecule has 9 aromatic carbocycles. The van der Waals surface area contributed by atoms with Gasteiger partial charge in [0.25, 0.3) is 0 Å². The molecule has 1 aliphatic carbocycles. The second kappa shape index (κ2) is 13.3. The number of rotatable bonds is 6. The van der Waals surface area contributed by atoms with Crippen molar-refractivity contribution in [2.24, 2.45) is 0 Å². The lowest BCUT2D eigenvalue weighted by Gasteiger charge is -2.37. The van der Waals surface area contributed by atoms with Crippen LogP contribution in [-0.2, 0) is 6.42 Å². The van der Waals surface area contributed by atoms with Crippen LogP contribution in [0.4, 0.5) is 11.4 Å². The lowest BCUT2D eigenvalue weighted by molar-refractivity contribution is 0.603. The first-order valence-electron chi connectivity index (χ1n) is 19.4. The van der Waals surface area contributed by atoms with Gasteiger partial charge < -0.3 is 9.32 Å². The van der Waals surface area contributed by atoms with Crippen LogP contribution >= 0.6 is 0 Å². The first-order valence-corrected chi connectivity index (χ1v) is 19.4. The summed E-state index contributed by atoms with van der Waals surface area (Å²) >= 11 is 0. The molecule has 10 aromatic rings. The van der Waals surface area contributed by atoms with Crippen LogP contribution in [-0.4, -0.2) is 0 Å². The largest absolute Gasteiger partial charge is 0.456 e. The Morgan fingerprint density at radius 3 is 1.80 bits per heavy atom. The van der Waals surface area contributed by atoms with Crippen LogP contribution in [0.25, 0.3) is 77.2 Å². The van der Waals surface area contributed by atoms with E-state index >= 15 is 0 Å². The summed E-state index contributed by atoms with van der Waals surface area (Å²) in [6.07, 6.45) is 0.802. The van der Waals surface area contributed by atoms with Crippen molar-refractivity contribution in [2.75, 3.05) is 4.90 Å². The number of benzene rings is 9. The summed E-state index contributed by atoms with van der Waals surface area (Å²) in [7, 11) is 0. The molecule has 0 N–H and O–H groups in total. The summed E-state index contributed by atoms with van der Waals surface area (Å²) in [6.45, 7) is 0. The Kier molecular flexibility index (Phi) is 7.67. The maximum absolute atomic E-state index is 6.81. The molecule has 2 heteroatoms. The van der Waals surface area contributed by atoms with Crippen LogP contribution < -0.4 is 4.90 Å². The molecule has 1 heterocycles. The summed E-state index contributed by atoms with van der Waals surface area (Å²) in [5.41, 5.74) is 14.1. The first kappa shape index (κ1) is 32.3. The second-order valence-electron chi connectivity index (χ2n) is 14.8. The normalized spacial score (nSPS) is 13.5. The van der Waals surface area contributed by atoms with E-state index < -0.39 is 0 Å². The molecule has 0 radical (unpaired) electrons. The molecule has 2 nitrogen and oxygen atoms in total. The Hall–Kier alpha value is -7.16. The highest BCUT2D eigenvalue weighted by Crippen LogP contribution is 2.49. The molecule has 0 bridgehead atoms. The van der Waals surface area contributed by atoms with Crippen molar-refractivity contribution < 1.29 is 4.42 Å². The smallest absolute Gasteiger partial charge is 0.139 e. The van der Waals surface area contributed by atoms with Gasteiger partial charge in [0.2, 0.25) is 0 Å². The summed E-state index contributed by atoms with van der Waals surface area (Å²) in [6, 6.07) is 74.9. The molecular weight excluding hydrogens is 679 g/mol. The van der Waals surface area contributed by atoms with E-state index in [1.54, 1.807) is 0 Å². The molecule has 56 heavy (non-hydrogen) atoms. The van der Waals surface area contributed by atoms with E-state index in [2.05, 4.69) is 211 Å². The topological polar surface area (TPSA) is 16.4 Å². The Bertz CT molecular complexity index is 3050. The van der Waals surface area contributed by atoms with E-state index in [1.807, 2.05) is 0 Å². The van der Waals surface area contributed by atoms with Gasteiger partial charge in [-0.2, -0.15) is 0 Å². The maximum atomic E-state index is 6.81. The Morgan fingerprint density at radius 1 is 0.393 bits per heavy atom. The molecule has 264 valence electrons. The van der Waals surface area contributed by atoms with Crippen LogP contribution in [0.3, 0.4) is 0 Å². The molecule has 1 atom stereocenters. The monoisotopic (exact) mass is 715 g/mol. The minimum Gasteiger partial charge on any atom is -0.456 e. The number of furan rings is 1. The van der Waals surface area contributed by atoms with Crippen molar-refractivity contribution >= 4 is 43.9 Å². The lowest BCUT2D eigenvalue weighted by atomic mass is 9.84. The molecule has 0 aliphatic heterocycles. The Morgan fingerprint density at radius 2 is 1.02 bits per heavy atom. The van der Waals surface area contributed by atoms with Crippen molar-refractivity contribution in [1.29, 1.82) is 0 Å². The fraction of sp³-hybridized carbons (Fsp3) is 0.0370. The minimum absolute atomic E-state index is 0.0201. The predicted molar refractivity (Wildman–Crippen MR) is 234 cm³/mol. The van der Waals surface area contributed by atoms with E-state index in [-0.39, 0.29) is 6.04 Å². The number of nitrogens with zero attached hydrogens (tertiary/aromatic N) is 1. The third kappa shape index (κ3) is 5.41. The van der Waals surface area contributed by atoms with Gasteiger partial charge in [0.1, 0.15) is 11.3 Å². The van der Waals surface area contributed by atoms with Gasteiger partial charge in [0.15, 0.2) is 0 Å². The van der Waals surface area contributed by atoms with Gasteiger partial charge in [-0.1, -0.05) is 170 Å². The number of fused-ring (bicyclic) bond motifs is 8. The Labute approximate surface area is 326 Å². The average molecular weight is 716 g/mol. The zero-order valence-electron chi connectivity index (χ0n) is 30.8. The van der Waals surface area contributed by atoms with E-state index in [4.69, 9.17) is 4.42 Å². The van der Waals surface area contributed by atoms with Crippen molar-refractivity contribution in [1.82, 2.24) is 0 Å². The highest BCUT2D eigenvalue weighted by molar-refractivity contribution is 6.13. The molecule has 1 aromatic heterocycles. The zero-order chi connectivity index (χ0) is 37.0. The molecule has 0 saturated heterocycles. The van der Waals surface area contributed by atoms with Crippen LogP contribution in [0.2, 0.25) is 0 Å². The van der Waals surface area contributed by atoms with Crippen molar-refractivity contribution in [3.05, 3.63) is 217 Å². The SMILES string of the molecule is c1ccc(-c2cccc(N(c3ccc(-c4cc5ccccc5c5ccccc45)cc3)C3Cc4c(oc5cc(-c6ccccc6)ccc45)-c4ccccc43)c2)cc1. The highest BCUT2D eigenvalue weighted by Gasteiger charge is 2.34. The van der Waals surface area contributed by atoms with Crippen molar-refractivity contribution in [3.63, 3.8) is 0 Å². The molecule has 1 aliphatic rings. The van der Waals surface area contributed by atoms with E-state index in [1.165, 1.54) is 65.9 Å². The number of hydrogen-bond donors (Lipinski definition) is 0. The highest BCUT2D eigenvalue weighted by atomic mass is 16.3. The predicted octanol–water partition coefficient (Wildman–Crippen LogP) is 14.8. The maximum Gasteiger partial charge on any atom is 0.139 e. The summed E-state index contributed by atoms with van der Waals surface area (Å²) in [5.74, 6) is 0.980. The average Bonchev–Trinajstić information content (AvgIpc) is 3.65. The number of hydrogen-bond acceptors (Lipinski definition) is 2. The molecule has 0 saturated carbocycles. The molecule has 11 rings (SSSR count). The molecular formula is C54H37NO. The van der Waals surface area contributed by atoms with Crippen LogP contribution in [0, 0.1) is 0 Å².